The fraction of sp³-hybridized carbons (Fsp3) is 0. The highest BCUT2D eigenvalue weighted by atomic mass is 32.1. The molecule has 0 radical (unpaired) electrons. The number of nitrogens with one attached hydrogen (secondary N) is 1. The van der Waals surface area contributed by atoms with Crippen molar-refractivity contribution in [3.8, 4) is 11.1 Å². The van der Waals surface area contributed by atoms with E-state index in [1.807, 2.05) is 42.5 Å². The second-order valence-corrected chi connectivity index (χ2v) is 4.07. The van der Waals surface area contributed by atoms with Crippen LogP contribution in [0.3, 0.4) is 0 Å². The smallest absolute Gasteiger partial charge is 0.191 e. The fourth-order valence-electron chi connectivity index (χ4n) is 1.64. The summed E-state index contributed by atoms with van der Waals surface area (Å²) in [5.74, 6) is 0. The van der Waals surface area contributed by atoms with Crippen molar-refractivity contribution in [2.75, 3.05) is 5.32 Å². The minimum atomic E-state index is 0.111. The van der Waals surface area contributed by atoms with Gasteiger partial charge in [-0.3, -0.25) is 0 Å². The molecular formula is C14H13N3S. The van der Waals surface area contributed by atoms with Crippen LogP contribution in [-0.2, 0) is 0 Å². The van der Waals surface area contributed by atoms with Gasteiger partial charge in [0, 0.05) is 11.3 Å². The molecule has 3 N–H and O–H groups in total. The molecule has 0 spiro atoms. The zero-order valence-electron chi connectivity index (χ0n) is 9.71. The quantitative estimate of drug-likeness (QED) is 0.503. The maximum absolute atomic E-state index is 5.30. The first kappa shape index (κ1) is 12.3. The van der Waals surface area contributed by atoms with Crippen LogP contribution >= 0.6 is 12.2 Å². The van der Waals surface area contributed by atoms with E-state index in [0.29, 0.717) is 0 Å². The van der Waals surface area contributed by atoms with Crippen molar-refractivity contribution in [1.82, 2.24) is 0 Å². The van der Waals surface area contributed by atoms with Crippen LogP contribution in [0.5, 0.6) is 0 Å². The molecule has 2 rings (SSSR count). The van der Waals surface area contributed by atoms with Crippen molar-refractivity contribution < 1.29 is 0 Å². The number of nitrogens with two attached hydrogens (primary N) is 1. The average molecular weight is 255 g/mol. The van der Waals surface area contributed by atoms with Crippen LogP contribution in [0.15, 0.2) is 59.6 Å². The summed E-state index contributed by atoms with van der Waals surface area (Å²) in [6.07, 6.45) is 1.50. The zero-order chi connectivity index (χ0) is 12.8. The Hall–Kier alpha value is -2.20. The molecule has 0 atom stereocenters. The van der Waals surface area contributed by atoms with Crippen LogP contribution in [0.1, 0.15) is 0 Å². The highest BCUT2D eigenvalue weighted by molar-refractivity contribution is 7.80. The van der Waals surface area contributed by atoms with Gasteiger partial charge in [-0.1, -0.05) is 48.5 Å². The van der Waals surface area contributed by atoms with Crippen molar-refractivity contribution in [3.63, 3.8) is 0 Å². The molecule has 3 nitrogen and oxygen atoms in total. The van der Waals surface area contributed by atoms with Crippen molar-refractivity contribution in [3.05, 3.63) is 54.6 Å². The Morgan fingerprint density at radius 3 is 2.44 bits per heavy atom. The van der Waals surface area contributed by atoms with Gasteiger partial charge < -0.3 is 11.1 Å². The first-order chi connectivity index (χ1) is 8.77. The number of rotatable bonds is 3. The summed E-state index contributed by atoms with van der Waals surface area (Å²) in [5.41, 5.74) is 8.51. The number of hydrogen-bond acceptors (Lipinski definition) is 1. The average Bonchev–Trinajstić information content (AvgIpc) is 2.40. The monoisotopic (exact) mass is 255 g/mol. The van der Waals surface area contributed by atoms with E-state index in [0.717, 1.165) is 16.8 Å². The minimum Gasteiger partial charge on any atom is -0.374 e. The van der Waals surface area contributed by atoms with Crippen LogP contribution in [0.2, 0.25) is 0 Å². The highest BCUT2D eigenvalue weighted by Crippen LogP contribution is 2.26. The molecule has 18 heavy (non-hydrogen) atoms. The number of para-hydroxylation sites is 1. The highest BCUT2D eigenvalue weighted by Gasteiger charge is 2.01. The van der Waals surface area contributed by atoms with Gasteiger partial charge in [0.1, 0.15) is 0 Å². The van der Waals surface area contributed by atoms with Crippen molar-refractivity contribution in [1.29, 1.82) is 0 Å². The second-order valence-electron chi connectivity index (χ2n) is 3.65. The van der Waals surface area contributed by atoms with E-state index in [9.17, 15) is 0 Å². The van der Waals surface area contributed by atoms with Crippen LogP contribution in [0.4, 0.5) is 5.69 Å². The third kappa shape index (κ3) is 3.15. The molecule has 0 aliphatic rings. The van der Waals surface area contributed by atoms with Gasteiger partial charge in [0.05, 0.1) is 6.34 Å². The van der Waals surface area contributed by atoms with E-state index in [4.69, 9.17) is 5.73 Å². The van der Waals surface area contributed by atoms with Gasteiger partial charge >= 0.3 is 0 Å². The molecule has 0 unspecified atom stereocenters. The lowest BCUT2D eigenvalue weighted by Crippen LogP contribution is -2.06. The number of thiocarbonyl (C=S) groups is 1. The molecule has 0 amide bonds. The summed E-state index contributed by atoms with van der Waals surface area (Å²) in [5, 5.41) is 3.19. The molecule has 0 fully saturated rings. The van der Waals surface area contributed by atoms with E-state index in [2.05, 4.69) is 34.7 Å². The summed E-state index contributed by atoms with van der Waals surface area (Å²) in [7, 11) is 0. The molecule has 2 aromatic rings. The van der Waals surface area contributed by atoms with Gasteiger partial charge in [-0.05, 0) is 23.8 Å². The number of aliphatic imine (C=N–C) groups is 1. The molecule has 2 aromatic carbocycles. The van der Waals surface area contributed by atoms with E-state index in [1.165, 1.54) is 6.34 Å². The molecule has 0 heterocycles. The molecule has 0 aliphatic heterocycles. The first-order valence-corrected chi connectivity index (χ1v) is 5.91. The second kappa shape index (κ2) is 5.93. The number of anilines is 1. The van der Waals surface area contributed by atoms with Gasteiger partial charge in [-0.25, -0.2) is 4.99 Å². The van der Waals surface area contributed by atoms with Crippen LogP contribution in [0, 0.1) is 0 Å². The Balaban J connectivity index is 2.29. The largest absolute Gasteiger partial charge is 0.374 e. The van der Waals surface area contributed by atoms with E-state index in [1.54, 1.807) is 0 Å². The lowest BCUT2D eigenvalue weighted by atomic mass is 10.0. The minimum absolute atomic E-state index is 0.111. The summed E-state index contributed by atoms with van der Waals surface area (Å²) < 4.78 is 0. The number of hydrogen-bond donors (Lipinski definition) is 2. The predicted octanol–water partition coefficient (Wildman–Crippen LogP) is 3.04. The van der Waals surface area contributed by atoms with E-state index in [-0.39, 0.29) is 5.11 Å². The van der Waals surface area contributed by atoms with Gasteiger partial charge in [-0.15, -0.1) is 0 Å². The van der Waals surface area contributed by atoms with E-state index < -0.39 is 0 Å². The molecule has 0 aliphatic carbocycles. The molecule has 0 bridgehead atoms. The lowest BCUT2D eigenvalue weighted by Gasteiger charge is -2.08. The topological polar surface area (TPSA) is 50.4 Å². The summed E-state index contributed by atoms with van der Waals surface area (Å²) >= 11 is 4.68. The maximum Gasteiger partial charge on any atom is 0.191 e. The van der Waals surface area contributed by atoms with Crippen molar-refractivity contribution in [2.45, 2.75) is 0 Å². The molecule has 4 heteroatoms. The lowest BCUT2D eigenvalue weighted by molar-refractivity contribution is 1.57. The maximum atomic E-state index is 5.30. The number of nitrogens with zero attached hydrogens (tertiary/aromatic N) is 1. The summed E-state index contributed by atoms with van der Waals surface area (Å²) in [6.45, 7) is 0. The van der Waals surface area contributed by atoms with Gasteiger partial charge in [0.2, 0.25) is 0 Å². The molecule has 90 valence electrons. The molecule has 0 saturated heterocycles. The standard InChI is InChI=1S/C14H13N3S/c15-14(18)17-10-16-13-9-5-4-8-12(13)11-6-2-1-3-7-11/h1-10H,(H3,15,16,17,18). The van der Waals surface area contributed by atoms with Gasteiger partial charge in [-0.2, -0.15) is 0 Å². The van der Waals surface area contributed by atoms with E-state index >= 15 is 0 Å². The third-order valence-corrected chi connectivity index (χ3v) is 2.53. The fourth-order valence-corrected chi connectivity index (χ4v) is 1.70. The van der Waals surface area contributed by atoms with Gasteiger partial charge in [0.25, 0.3) is 0 Å². The normalized spacial score (nSPS) is 10.4. The molecular weight excluding hydrogens is 242 g/mol. The SMILES string of the molecule is NC(=S)N=CNc1ccccc1-c1ccccc1. The Labute approximate surface area is 111 Å². The Kier molecular flexibility index (Phi) is 4.04. The predicted molar refractivity (Wildman–Crippen MR) is 80.8 cm³/mol. The van der Waals surface area contributed by atoms with Crippen LogP contribution in [0.25, 0.3) is 11.1 Å². The van der Waals surface area contributed by atoms with Crippen LogP contribution < -0.4 is 11.1 Å². The number of benzene rings is 2. The molecule has 0 aromatic heterocycles. The molecule has 0 saturated carbocycles. The van der Waals surface area contributed by atoms with Crippen molar-refractivity contribution in [2.24, 2.45) is 10.7 Å². The summed E-state index contributed by atoms with van der Waals surface area (Å²) in [4.78, 5) is 3.83. The van der Waals surface area contributed by atoms with Crippen molar-refractivity contribution >= 4 is 29.4 Å². The Bertz CT molecular complexity index is 564. The summed E-state index contributed by atoms with van der Waals surface area (Å²) in [6, 6.07) is 18.1. The zero-order valence-corrected chi connectivity index (χ0v) is 10.5. The Morgan fingerprint density at radius 2 is 1.72 bits per heavy atom. The first-order valence-electron chi connectivity index (χ1n) is 5.50. The third-order valence-electron chi connectivity index (χ3n) is 2.42. The van der Waals surface area contributed by atoms with Gasteiger partial charge in [0.15, 0.2) is 5.11 Å². The van der Waals surface area contributed by atoms with Crippen LogP contribution in [-0.4, -0.2) is 11.5 Å². The Morgan fingerprint density at radius 1 is 1.06 bits per heavy atom.